The fourth-order valence-corrected chi connectivity index (χ4v) is 1.42. The van der Waals surface area contributed by atoms with Crippen LogP contribution in [-0.2, 0) is 0 Å². The predicted octanol–water partition coefficient (Wildman–Crippen LogP) is 1.76. The lowest BCUT2D eigenvalue weighted by Gasteiger charge is -2.12. The number of benzene rings is 1. The Hall–Kier alpha value is -2.01. The van der Waals surface area contributed by atoms with Crippen LogP contribution in [0.25, 0.3) is 0 Å². The van der Waals surface area contributed by atoms with Crippen LogP contribution in [0.3, 0.4) is 0 Å². The number of aromatic nitrogens is 2. The lowest BCUT2D eigenvalue weighted by molar-refractivity contribution is 0.191. The standard InChI is InChI=1S/C12H12FN3O/c13-11-6-12(16-8-15-11)14-7-10(17)9-4-2-1-3-5-9/h1-6,8,10,17H,7H2,(H,14,15,16). The van der Waals surface area contributed by atoms with Crippen molar-refractivity contribution in [1.82, 2.24) is 9.97 Å². The maximum Gasteiger partial charge on any atom is 0.217 e. The molecule has 2 rings (SSSR count). The molecule has 0 aliphatic heterocycles. The lowest BCUT2D eigenvalue weighted by Crippen LogP contribution is -2.13. The van der Waals surface area contributed by atoms with Crippen molar-refractivity contribution in [2.45, 2.75) is 6.10 Å². The molecule has 1 heterocycles. The predicted molar refractivity (Wildman–Crippen MR) is 61.9 cm³/mol. The number of anilines is 1. The fraction of sp³-hybridized carbons (Fsp3) is 0.167. The first-order valence-corrected chi connectivity index (χ1v) is 5.20. The Kier molecular flexibility index (Phi) is 3.62. The molecule has 2 N–H and O–H groups in total. The van der Waals surface area contributed by atoms with Gasteiger partial charge in [0.05, 0.1) is 6.10 Å². The van der Waals surface area contributed by atoms with E-state index in [2.05, 4.69) is 15.3 Å². The quantitative estimate of drug-likeness (QED) is 0.790. The van der Waals surface area contributed by atoms with Gasteiger partial charge in [-0.3, -0.25) is 0 Å². The molecule has 88 valence electrons. The summed E-state index contributed by atoms with van der Waals surface area (Å²) in [6.07, 6.45) is 0.473. The molecule has 1 aromatic heterocycles. The Morgan fingerprint density at radius 1 is 1.24 bits per heavy atom. The van der Waals surface area contributed by atoms with E-state index < -0.39 is 12.1 Å². The van der Waals surface area contributed by atoms with Crippen LogP contribution in [0.15, 0.2) is 42.7 Å². The van der Waals surface area contributed by atoms with Gasteiger partial charge in [0.1, 0.15) is 12.1 Å². The first-order valence-electron chi connectivity index (χ1n) is 5.20. The average molecular weight is 233 g/mol. The zero-order valence-corrected chi connectivity index (χ0v) is 9.05. The van der Waals surface area contributed by atoms with Gasteiger partial charge in [-0.1, -0.05) is 30.3 Å². The molecule has 5 heteroatoms. The van der Waals surface area contributed by atoms with Crippen LogP contribution in [0.5, 0.6) is 0 Å². The van der Waals surface area contributed by atoms with E-state index in [0.29, 0.717) is 5.82 Å². The van der Waals surface area contributed by atoms with Gasteiger partial charge in [0, 0.05) is 12.6 Å². The van der Waals surface area contributed by atoms with Gasteiger partial charge in [-0.2, -0.15) is 4.39 Å². The smallest absolute Gasteiger partial charge is 0.217 e. The molecular weight excluding hydrogens is 221 g/mol. The van der Waals surface area contributed by atoms with Crippen LogP contribution in [-0.4, -0.2) is 21.6 Å². The third-order valence-electron chi connectivity index (χ3n) is 2.29. The molecule has 1 aromatic carbocycles. The van der Waals surface area contributed by atoms with Crippen LogP contribution >= 0.6 is 0 Å². The van der Waals surface area contributed by atoms with E-state index in [0.717, 1.165) is 11.9 Å². The van der Waals surface area contributed by atoms with Gasteiger partial charge in [0.15, 0.2) is 0 Å². The van der Waals surface area contributed by atoms with Gasteiger partial charge in [0.2, 0.25) is 5.95 Å². The Balaban J connectivity index is 1.95. The lowest BCUT2D eigenvalue weighted by atomic mass is 10.1. The molecule has 0 saturated carbocycles. The Morgan fingerprint density at radius 3 is 2.71 bits per heavy atom. The van der Waals surface area contributed by atoms with Crippen LogP contribution in [0, 0.1) is 5.95 Å². The highest BCUT2D eigenvalue weighted by atomic mass is 19.1. The largest absolute Gasteiger partial charge is 0.387 e. The van der Waals surface area contributed by atoms with E-state index >= 15 is 0 Å². The summed E-state index contributed by atoms with van der Waals surface area (Å²) in [7, 11) is 0. The Bertz CT molecular complexity index is 478. The van der Waals surface area contributed by atoms with Crippen molar-refractivity contribution in [3.05, 3.63) is 54.2 Å². The summed E-state index contributed by atoms with van der Waals surface area (Å²) in [5.41, 5.74) is 0.800. The molecule has 0 spiro atoms. The van der Waals surface area contributed by atoms with Crippen molar-refractivity contribution in [3.8, 4) is 0 Å². The number of aliphatic hydroxyl groups is 1. The SMILES string of the molecule is OC(CNc1cc(F)ncn1)c1ccccc1. The van der Waals surface area contributed by atoms with Gasteiger partial charge < -0.3 is 10.4 Å². The number of rotatable bonds is 4. The average Bonchev–Trinajstić information content (AvgIpc) is 2.37. The molecule has 0 saturated heterocycles. The van der Waals surface area contributed by atoms with Gasteiger partial charge in [-0.05, 0) is 5.56 Å². The molecule has 0 aliphatic rings. The molecule has 1 unspecified atom stereocenters. The first-order chi connectivity index (χ1) is 8.25. The second kappa shape index (κ2) is 5.36. The minimum Gasteiger partial charge on any atom is -0.387 e. The van der Waals surface area contributed by atoms with Crippen LogP contribution in [0.2, 0.25) is 0 Å². The highest BCUT2D eigenvalue weighted by Gasteiger charge is 2.06. The van der Waals surface area contributed by atoms with Crippen LogP contribution < -0.4 is 5.32 Å². The van der Waals surface area contributed by atoms with Crippen LogP contribution in [0.4, 0.5) is 10.2 Å². The minimum absolute atomic E-state index is 0.264. The third-order valence-corrected chi connectivity index (χ3v) is 2.29. The van der Waals surface area contributed by atoms with Crippen molar-refractivity contribution >= 4 is 5.82 Å². The molecule has 2 aromatic rings. The van der Waals surface area contributed by atoms with E-state index in [1.807, 2.05) is 30.3 Å². The number of aliphatic hydroxyl groups excluding tert-OH is 1. The van der Waals surface area contributed by atoms with Crippen molar-refractivity contribution in [3.63, 3.8) is 0 Å². The van der Waals surface area contributed by atoms with Crippen LogP contribution in [0.1, 0.15) is 11.7 Å². The molecule has 0 radical (unpaired) electrons. The molecule has 0 amide bonds. The molecule has 4 nitrogen and oxygen atoms in total. The number of hydrogen-bond donors (Lipinski definition) is 2. The van der Waals surface area contributed by atoms with Crippen molar-refractivity contribution < 1.29 is 9.50 Å². The molecule has 0 fully saturated rings. The highest BCUT2D eigenvalue weighted by Crippen LogP contribution is 2.12. The van der Waals surface area contributed by atoms with Crippen molar-refractivity contribution in [1.29, 1.82) is 0 Å². The summed E-state index contributed by atoms with van der Waals surface area (Å²) in [5.74, 6) is -0.246. The summed E-state index contributed by atoms with van der Waals surface area (Å²) in [6, 6.07) is 10.4. The monoisotopic (exact) mass is 233 g/mol. The van der Waals surface area contributed by atoms with E-state index in [-0.39, 0.29) is 6.54 Å². The molecule has 1 atom stereocenters. The van der Waals surface area contributed by atoms with Crippen molar-refractivity contribution in [2.75, 3.05) is 11.9 Å². The maximum atomic E-state index is 12.8. The zero-order chi connectivity index (χ0) is 12.1. The van der Waals surface area contributed by atoms with E-state index in [4.69, 9.17) is 0 Å². The number of halogens is 1. The summed E-state index contributed by atoms with van der Waals surface area (Å²) in [4.78, 5) is 7.18. The third kappa shape index (κ3) is 3.22. The summed E-state index contributed by atoms with van der Waals surface area (Å²) in [6.45, 7) is 0.264. The summed E-state index contributed by atoms with van der Waals surface area (Å²) < 4.78 is 12.8. The first kappa shape index (κ1) is 11.5. The van der Waals surface area contributed by atoms with E-state index in [1.54, 1.807) is 0 Å². The zero-order valence-electron chi connectivity index (χ0n) is 9.05. The number of hydrogen-bond acceptors (Lipinski definition) is 4. The van der Waals surface area contributed by atoms with E-state index in [9.17, 15) is 9.50 Å². The number of nitrogens with zero attached hydrogens (tertiary/aromatic N) is 2. The van der Waals surface area contributed by atoms with E-state index in [1.165, 1.54) is 6.07 Å². The normalized spacial score (nSPS) is 12.1. The van der Waals surface area contributed by atoms with Gasteiger partial charge in [-0.15, -0.1) is 0 Å². The second-order valence-electron chi connectivity index (χ2n) is 3.53. The molecule has 0 aliphatic carbocycles. The van der Waals surface area contributed by atoms with Gasteiger partial charge >= 0.3 is 0 Å². The molecule has 17 heavy (non-hydrogen) atoms. The Labute approximate surface area is 98.2 Å². The highest BCUT2D eigenvalue weighted by molar-refractivity contribution is 5.33. The number of nitrogens with one attached hydrogen (secondary N) is 1. The summed E-state index contributed by atoms with van der Waals surface area (Å²) in [5, 5.41) is 12.7. The minimum atomic E-state index is -0.658. The second-order valence-corrected chi connectivity index (χ2v) is 3.53. The van der Waals surface area contributed by atoms with Gasteiger partial charge in [-0.25, -0.2) is 9.97 Å². The maximum absolute atomic E-state index is 12.8. The van der Waals surface area contributed by atoms with Gasteiger partial charge in [0.25, 0.3) is 0 Å². The topological polar surface area (TPSA) is 58.0 Å². The summed E-state index contributed by atoms with van der Waals surface area (Å²) >= 11 is 0. The van der Waals surface area contributed by atoms with Crippen molar-refractivity contribution in [2.24, 2.45) is 0 Å². The Morgan fingerprint density at radius 2 is 2.00 bits per heavy atom. The molecular formula is C12H12FN3O. The molecule has 0 bridgehead atoms. The fourth-order valence-electron chi connectivity index (χ4n) is 1.42.